The van der Waals surface area contributed by atoms with Crippen LogP contribution in [0.1, 0.15) is 12.5 Å². The monoisotopic (exact) mass is 463 g/mol. The largest absolute Gasteiger partial charge is 0.457 e. The van der Waals surface area contributed by atoms with Gasteiger partial charge in [-0.1, -0.05) is 48.5 Å². The zero-order valence-electron chi connectivity index (χ0n) is 19.0. The number of halogens is 1. The van der Waals surface area contributed by atoms with Crippen LogP contribution in [-0.2, 0) is 0 Å². The zero-order valence-corrected chi connectivity index (χ0v) is 19.0. The molecule has 5 aromatic rings. The number of H-pyrrole nitrogens is 1. The van der Waals surface area contributed by atoms with Gasteiger partial charge in [0.25, 0.3) is 5.56 Å². The number of rotatable bonds is 6. The summed E-state index contributed by atoms with van der Waals surface area (Å²) in [5.41, 5.74) is 3.46. The van der Waals surface area contributed by atoms with E-state index in [1.165, 1.54) is 16.8 Å². The van der Waals surface area contributed by atoms with E-state index in [4.69, 9.17) is 9.73 Å². The summed E-state index contributed by atoms with van der Waals surface area (Å²) in [6, 6.07) is 32.2. The summed E-state index contributed by atoms with van der Waals surface area (Å²) in [7, 11) is 0. The van der Waals surface area contributed by atoms with Crippen LogP contribution >= 0.6 is 0 Å². The molecule has 35 heavy (non-hydrogen) atoms. The molecule has 0 aliphatic heterocycles. The second-order valence-corrected chi connectivity index (χ2v) is 7.95. The fraction of sp³-hybridized carbons (Fsp3) is 0.0345. The van der Waals surface area contributed by atoms with Crippen LogP contribution in [0.4, 0.5) is 10.1 Å². The minimum Gasteiger partial charge on any atom is -0.457 e. The fourth-order valence-electron chi connectivity index (χ4n) is 3.82. The average Bonchev–Trinajstić information content (AvgIpc) is 3.24. The maximum absolute atomic E-state index is 13.5. The third-order valence-corrected chi connectivity index (χ3v) is 5.51. The summed E-state index contributed by atoms with van der Waals surface area (Å²) in [6.07, 6.45) is 0. The van der Waals surface area contributed by atoms with Gasteiger partial charge in [-0.3, -0.25) is 14.9 Å². The lowest BCUT2D eigenvalue weighted by atomic mass is 10.1. The van der Waals surface area contributed by atoms with E-state index in [1.54, 1.807) is 19.1 Å². The maximum atomic E-state index is 13.5. The van der Waals surface area contributed by atoms with Gasteiger partial charge in [0.15, 0.2) is 0 Å². The van der Waals surface area contributed by atoms with Crippen LogP contribution in [0.3, 0.4) is 0 Å². The highest BCUT2D eigenvalue weighted by Gasteiger charge is 2.19. The van der Waals surface area contributed by atoms with E-state index in [0.29, 0.717) is 34.1 Å². The number of aromatic nitrogens is 2. The number of aromatic amines is 1. The Balaban J connectivity index is 1.52. The normalized spacial score (nSPS) is 11.4. The van der Waals surface area contributed by atoms with Crippen molar-refractivity contribution in [1.29, 1.82) is 0 Å². The second kappa shape index (κ2) is 9.65. The molecule has 5 nitrogen and oxygen atoms in total. The van der Waals surface area contributed by atoms with Gasteiger partial charge in [-0.05, 0) is 67.6 Å². The molecule has 0 unspecified atom stereocenters. The SMILES string of the molecule is CC(=Nc1ccc(Oc2ccccc2)cc1)c1c(-c2ccccc2)[nH]n(-c2ccc(F)cc2)c1=O. The van der Waals surface area contributed by atoms with Gasteiger partial charge < -0.3 is 4.74 Å². The van der Waals surface area contributed by atoms with Gasteiger partial charge >= 0.3 is 0 Å². The second-order valence-electron chi connectivity index (χ2n) is 7.95. The summed E-state index contributed by atoms with van der Waals surface area (Å²) >= 11 is 0. The van der Waals surface area contributed by atoms with Gasteiger partial charge in [-0.25, -0.2) is 9.07 Å². The van der Waals surface area contributed by atoms with Gasteiger partial charge in [-0.15, -0.1) is 0 Å². The standard InChI is InChI=1S/C29H22FN3O2/c1-20(31-23-14-18-26(19-15-23)35-25-10-6-3-7-11-25)27-28(21-8-4-2-5-9-21)32-33(29(27)34)24-16-12-22(30)13-17-24/h2-19,32H,1H3. The Hall–Kier alpha value is -4.71. The van der Waals surface area contributed by atoms with E-state index < -0.39 is 0 Å². The third-order valence-electron chi connectivity index (χ3n) is 5.51. The molecule has 0 saturated heterocycles. The third kappa shape index (κ3) is 4.82. The highest BCUT2D eigenvalue weighted by atomic mass is 19.1. The number of benzene rings is 4. The number of para-hydroxylation sites is 1. The number of aliphatic imine (C=N–C) groups is 1. The first-order chi connectivity index (χ1) is 17.1. The number of hydrogen-bond donors (Lipinski definition) is 1. The van der Waals surface area contributed by atoms with Gasteiger partial charge in [-0.2, -0.15) is 0 Å². The van der Waals surface area contributed by atoms with Crippen LogP contribution < -0.4 is 10.3 Å². The van der Waals surface area contributed by atoms with Crippen LogP contribution in [0, 0.1) is 5.82 Å². The Morgan fingerprint density at radius 2 is 1.40 bits per heavy atom. The summed E-state index contributed by atoms with van der Waals surface area (Å²) in [4.78, 5) is 18.2. The Kier molecular flexibility index (Phi) is 6.09. The van der Waals surface area contributed by atoms with Gasteiger partial charge in [0.2, 0.25) is 0 Å². The predicted molar refractivity (Wildman–Crippen MR) is 137 cm³/mol. The Labute approximate surface area is 201 Å². The quantitative estimate of drug-likeness (QED) is 0.278. The number of nitrogens with zero attached hydrogens (tertiary/aromatic N) is 2. The van der Waals surface area contributed by atoms with Crippen molar-refractivity contribution in [3.63, 3.8) is 0 Å². The first-order valence-corrected chi connectivity index (χ1v) is 11.1. The first kappa shape index (κ1) is 22.1. The van der Waals surface area contributed by atoms with E-state index in [1.807, 2.05) is 84.9 Å². The van der Waals surface area contributed by atoms with Crippen molar-refractivity contribution in [3.05, 3.63) is 131 Å². The number of hydrogen-bond acceptors (Lipinski definition) is 3. The van der Waals surface area contributed by atoms with Crippen molar-refractivity contribution in [2.75, 3.05) is 0 Å². The van der Waals surface area contributed by atoms with Crippen LogP contribution in [-0.4, -0.2) is 15.5 Å². The lowest BCUT2D eigenvalue weighted by molar-refractivity contribution is 0.483. The Bertz CT molecular complexity index is 1520. The molecule has 0 saturated carbocycles. The topological polar surface area (TPSA) is 59.4 Å². The molecule has 0 spiro atoms. The highest BCUT2D eigenvalue weighted by Crippen LogP contribution is 2.26. The lowest BCUT2D eigenvalue weighted by Crippen LogP contribution is -2.19. The molecule has 1 heterocycles. The lowest BCUT2D eigenvalue weighted by Gasteiger charge is -2.06. The predicted octanol–water partition coefficient (Wildman–Crippen LogP) is 6.90. The van der Waals surface area contributed by atoms with Gasteiger partial charge in [0.1, 0.15) is 17.3 Å². The molecule has 1 aromatic heterocycles. The first-order valence-electron chi connectivity index (χ1n) is 11.1. The minimum absolute atomic E-state index is 0.263. The molecule has 0 aliphatic carbocycles. The Morgan fingerprint density at radius 3 is 2.06 bits per heavy atom. The Morgan fingerprint density at radius 1 is 0.800 bits per heavy atom. The molecule has 0 radical (unpaired) electrons. The molecule has 5 rings (SSSR count). The summed E-state index contributed by atoms with van der Waals surface area (Å²) in [6.45, 7) is 1.81. The molecule has 172 valence electrons. The molecule has 0 atom stereocenters. The van der Waals surface area contributed by atoms with Crippen molar-refractivity contribution in [3.8, 4) is 28.4 Å². The molecule has 6 heteroatoms. The van der Waals surface area contributed by atoms with Crippen molar-refractivity contribution >= 4 is 11.4 Å². The van der Waals surface area contributed by atoms with E-state index in [-0.39, 0.29) is 11.4 Å². The number of nitrogens with one attached hydrogen (secondary N) is 1. The van der Waals surface area contributed by atoms with Crippen molar-refractivity contribution in [2.24, 2.45) is 4.99 Å². The fourth-order valence-corrected chi connectivity index (χ4v) is 3.82. The maximum Gasteiger partial charge on any atom is 0.280 e. The molecule has 4 aromatic carbocycles. The molecule has 0 aliphatic rings. The van der Waals surface area contributed by atoms with Crippen molar-refractivity contribution in [1.82, 2.24) is 9.78 Å². The molecule has 0 fully saturated rings. The van der Waals surface area contributed by atoms with Gasteiger partial charge in [0.05, 0.1) is 28.3 Å². The van der Waals surface area contributed by atoms with Crippen LogP contribution in [0.2, 0.25) is 0 Å². The summed E-state index contributed by atoms with van der Waals surface area (Å²) in [5.74, 6) is 1.08. The van der Waals surface area contributed by atoms with E-state index in [9.17, 15) is 9.18 Å². The highest BCUT2D eigenvalue weighted by molar-refractivity contribution is 6.04. The van der Waals surface area contributed by atoms with Crippen LogP contribution in [0.5, 0.6) is 11.5 Å². The molecular weight excluding hydrogens is 441 g/mol. The van der Waals surface area contributed by atoms with E-state index in [0.717, 1.165) is 11.3 Å². The van der Waals surface area contributed by atoms with Crippen molar-refractivity contribution in [2.45, 2.75) is 6.92 Å². The van der Waals surface area contributed by atoms with Crippen molar-refractivity contribution < 1.29 is 9.13 Å². The van der Waals surface area contributed by atoms with E-state index in [2.05, 4.69) is 5.10 Å². The summed E-state index contributed by atoms with van der Waals surface area (Å²) < 4.78 is 20.7. The average molecular weight is 464 g/mol. The zero-order chi connectivity index (χ0) is 24.2. The molecular formula is C29H22FN3O2. The van der Waals surface area contributed by atoms with E-state index >= 15 is 0 Å². The molecule has 0 bridgehead atoms. The van der Waals surface area contributed by atoms with Gasteiger partial charge in [0, 0.05) is 5.56 Å². The smallest absolute Gasteiger partial charge is 0.280 e. The molecule has 0 amide bonds. The molecule has 1 N–H and O–H groups in total. The summed E-state index contributed by atoms with van der Waals surface area (Å²) in [5, 5.41) is 3.19. The van der Waals surface area contributed by atoms with Crippen LogP contribution in [0.25, 0.3) is 16.9 Å². The minimum atomic E-state index is -0.366. The van der Waals surface area contributed by atoms with Crippen LogP contribution in [0.15, 0.2) is 119 Å². The number of ether oxygens (including phenoxy) is 1.